The summed E-state index contributed by atoms with van der Waals surface area (Å²) in [7, 11) is 0. The van der Waals surface area contributed by atoms with Gasteiger partial charge in [0.15, 0.2) is 0 Å². The van der Waals surface area contributed by atoms with Crippen LogP contribution < -0.4 is 10.6 Å². The van der Waals surface area contributed by atoms with Crippen LogP contribution in [0.2, 0.25) is 0 Å². The third-order valence-electron chi connectivity index (χ3n) is 1.94. The van der Waals surface area contributed by atoms with Crippen molar-refractivity contribution in [2.24, 2.45) is 0 Å². The Labute approximate surface area is 84.5 Å². The maximum absolute atomic E-state index is 11.5. The maximum Gasteiger partial charge on any atom is 0.241 e. The molecule has 0 aliphatic rings. The average Bonchev–Trinajstić information content (AvgIpc) is 2.19. The summed E-state index contributed by atoms with van der Waals surface area (Å²) in [6.07, 6.45) is 0. The molecule has 1 unspecified atom stereocenters. The number of likely N-dealkylation sites (N-methyl/N-ethyl adjacent to an activating group) is 1. The van der Waals surface area contributed by atoms with Crippen LogP contribution >= 0.6 is 0 Å². The number of para-hydroxylation sites is 1. The van der Waals surface area contributed by atoms with Gasteiger partial charge in [0.25, 0.3) is 0 Å². The molecule has 0 bridgehead atoms. The van der Waals surface area contributed by atoms with Gasteiger partial charge in [-0.1, -0.05) is 25.1 Å². The Balaban J connectivity index is 2.49. The molecule has 76 valence electrons. The molecule has 0 saturated carbocycles. The Hall–Kier alpha value is -1.35. The van der Waals surface area contributed by atoms with Crippen LogP contribution in [0.15, 0.2) is 30.3 Å². The molecular formula is C11H16N2O. The summed E-state index contributed by atoms with van der Waals surface area (Å²) in [6.45, 7) is 4.62. The second-order valence-electron chi connectivity index (χ2n) is 3.13. The Morgan fingerprint density at radius 2 is 2.00 bits per heavy atom. The topological polar surface area (TPSA) is 41.1 Å². The van der Waals surface area contributed by atoms with Gasteiger partial charge in [0, 0.05) is 5.69 Å². The summed E-state index contributed by atoms with van der Waals surface area (Å²) in [6, 6.07) is 9.30. The molecule has 0 aliphatic carbocycles. The highest BCUT2D eigenvalue weighted by Gasteiger charge is 2.10. The number of hydrogen-bond donors (Lipinski definition) is 2. The molecule has 3 nitrogen and oxygen atoms in total. The van der Waals surface area contributed by atoms with Crippen LogP contribution in [0.5, 0.6) is 0 Å². The molecule has 0 spiro atoms. The molecule has 0 aliphatic heterocycles. The Morgan fingerprint density at radius 1 is 1.36 bits per heavy atom. The van der Waals surface area contributed by atoms with Gasteiger partial charge in [-0.05, 0) is 25.6 Å². The van der Waals surface area contributed by atoms with E-state index in [1.165, 1.54) is 0 Å². The number of rotatable bonds is 4. The van der Waals surface area contributed by atoms with E-state index in [1.54, 1.807) is 0 Å². The van der Waals surface area contributed by atoms with E-state index >= 15 is 0 Å². The molecule has 0 heterocycles. The Bertz CT molecular complexity index is 285. The largest absolute Gasteiger partial charge is 0.325 e. The van der Waals surface area contributed by atoms with Gasteiger partial charge >= 0.3 is 0 Å². The van der Waals surface area contributed by atoms with Crippen molar-refractivity contribution in [1.82, 2.24) is 5.32 Å². The van der Waals surface area contributed by atoms with Crippen molar-refractivity contribution in [1.29, 1.82) is 0 Å². The van der Waals surface area contributed by atoms with Crippen LogP contribution in [0.3, 0.4) is 0 Å². The van der Waals surface area contributed by atoms with Gasteiger partial charge < -0.3 is 10.6 Å². The number of benzene rings is 1. The summed E-state index contributed by atoms with van der Waals surface area (Å²) in [4.78, 5) is 11.5. The summed E-state index contributed by atoms with van der Waals surface area (Å²) >= 11 is 0. The SMILES string of the molecule is CCNC(C)C(=O)Nc1ccccc1. The van der Waals surface area contributed by atoms with Crippen LogP contribution in [0, 0.1) is 0 Å². The lowest BCUT2D eigenvalue weighted by Gasteiger charge is -2.12. The van der Waals surface area contributed by atoms with E-state index < -0.39 is 0 Å². The molecule has 0 saturated heterocycles. The predicted molar refractivity (Wildman–Crippen MR) is 58.2 cm³/mol. The molecule has 14 heavy (non-hydrogen) atoms. The predicted octanol–water partition coefficient (Wildman–Crippen LogP) is 1.62. The molecule has 1 rings (SSSR count). The van der Waals surface area contributed by atoms with Gasteiger partial charge in [-0.2, -0.15) is 0 Å². The van der Waals surface area contributed by atoms with E-state index in [9.17, 15) is 4.79 Å². The first kappa shape index (κ1) is 10.7. The van der Waals surface area contributed by atoms with Gasteiger partial charge in [0.05, 0.1) is 6.04 Å². The number of amides is 1. The molecule has 2 N–H and O–H groups in total. The van der Waals surface area contributed by atoms with E-state index in [0.29, 0.717) is 0 Å². The molecular weight excluding hydrogens is 176 g/mol. The van der Waals surface area contributed by atoms with Crippen molar-refractivity contribution in [2.75, 3.05) is 11.9 Å². The fourth-order valence-electron chi connectivity index (χ4n) is 1.17. The van der Waals surface area contributed by atoms with Crippen molar-refractivity contribution in [3.63, 3.8) is 0 Å². The van der Waals surface area contributed by atoms with Crippen molar-refractivity contribution in [3.8, 4) is 0 Å². The fourth-order valence-corrected chi connectivity index (χ4v) is 1.17. The zero-order valence-electron chi connectivity index (χ0n) is 8.58. The van der Waals surface area contributed by atoms with Crippen molar-refractivity contribution in [3.05, 3.63) is 30.3 Å². The summed E-state index contributed by atoms with van der Waals surface area (Å²) in [5.74, 6) is -0.00181. The number of carbonyl (C=O) groups is 1. The molecule has 0 fully saturated rings. The number of nitrogens with one attached hydrogen (secondary N) is 2. The van der Waals surface area contributed by atoms with E-state index in [0.717, 1.165) is 12.2 Å². The van der Waals surface area contributed by atoms with Gasteiger partial charge in [-0.25, -0.2) is 0 Å². The highest BCUT2D eigenvalue weighted by Crippen LogP contribution is 2.05. The first-order valence-electron chi connectivity index (χ1n) is 4.83. The highest BCUT2D eigenvalue weighted by molar-refractivity contribution is 5.94. The fraction of sp³-hybridized carbons (Fsp3) is 0.364. The molecule has 1 atom stereocenters. The average molecular weight is 192 g/mol. The molecule has 3 heteroatoms. The molecule has 1 aromatic carbocycles. The molecule has 0 aromatic heterocycles. The lowest BCUT2D eigenvalue weighted by atomic mass is 10.2. The third kappa shape index (κ3) is 3.18. The second-order valence-corrected chi connectivity index (χ2v) is 3.13. The minimum Gasteiger partial charge on any atom is -0.325 e. The zero-order valence-corrected chi connectivity index (χ0v) is 8.58. The van der Waals surface area contributed by atoms with E-state index in [2.05, 4.69) is 10.6 Å². The zero-order chi connectivity index (χ0) is 10.4. The molecule has 1 aromatic rings. The normalized spacial score (nSPS) is 12.1. The van der Waals surface area contributed by atoms with Crippen molar-refractivity contribution in [2.45, 2.75) is 19.9 Å². The summed E-state index contributed by atoms with van der Waals surface area (Å²) in [5, 5.41) is 5.88. The van der Waals surface area contributed by atoms with Crippen LogP contribution in [-0.2, 0) is 4.79 Å². The van der Waals surface area contributed by atoms with Crippen molar-refractivity contribution < 1.29 is 4.79 Å². The summed E-state index contributed by atoms with van der Waals surface area (Å²) in [5.41, 5.74) is 0.835. The van der Waals surface area contributed by atoms with E-state index in [4.69, 9.17) is 0 Å². The lowest BCUT2D eigenvalue weighted by Crippen LogP contribution is -2.37. The van der Waals surface area contributed by atoms with Crippen LogP contribution in [0.1, 0.15) is 13.8 Å². The minimum atomic E-state index is -0.153. The minimum absolute atomic E-state index is 0.00181. The lowest BCUT2D eigenvalue weighted by molar-refractivity contribution is -0.117. The maximum atomic E-state index is 11.5. The highest BCUT2D eigenvalue weighted by atomic mass is 16.2. The van der Waals surface area contributed by atoms with E-state index in [1.807, 2.05) is 44.2 Å². The molecule has 1 amide bonds. The van der Waals surface area contributed by atoms with Crippen LogP contribution in [-0.4, -0.2) is 18.5 Å². The Morgan fingerprint density at radius 3 is 2.57 bits per heavy atom. The first-order valence-corrected chi connectivity index (χ1v) is 4.83. The standard InChI is InChI=1S/C11H16N2O/c1-3-12-9(2)11(14)13-10-7-5-4-6-8-10/h4-9,12H,3H2,1-2H3,(H,13,14). The van der Waals surface area contributed by atoms with Gasteiger partial charge in [-0.15, -0.1) is 0 Å². The van der Waals surface area contributed by atoms with E-state index in [-0.39, 0.29) is 11.9 Å². The van der Waals surface area contributed by atoms with Gasteiger partial charge in [-0.3, -0.25) is 4.79 Å². The number of carbonyl (C=O) groups excluding carboxylic acids is 1. The van der Waals surface area contributed by atoms with Crippen LogP contribution in [0.25, 0.3) is 0 Å². The van der Waals surface area contributed by atoms with Crippen LogP contribution in [0.4, 0.5) is 5.69 Å². The third-order valence-corrected chi connectivity index (χ3v) is 1.94. The summed E-state index contributed by atoms with van der Waals surface area (Å²) < 4.78 is 0. The number of hydrogen-bond acceptors (Lipinski definition) is 2. The van der Waals surface area contributed by atoms with Gasteiger partial charge in [0.2, 0.25) is 5.91 Å². The smallest absolute Gasteiger partial charge is 0.241 e. The number of anilines is 1. The second kappa shape index (κ2) is 5.40. The monoisotopic (exact) mass is 192 g/mol. The first-order chi connectivity index (χ1) is 6.74. The Kier molecular flexibility index (Phi) is 4.13. The van der Waals surface area contributed by atoms with Gasteiger partial charge in [0.1, 0.15) is 0 Å². The van der Waals surface area contributed by atoms with Crippen molar-refractivity contribution >= 4 is 11.6 Å². The quantitative estimate of drug-likeness (QED) is 0.761. The molecule has 0 radical (unpaired) electrons.